The predicted molar refractivity (Wildman–Crippen MR) is 89.6 cm³/mol. The van der Waals surface area contributed by atoms with Crippen LogP contribution in [0.3, 0.4) is 0 Å². The van der Waals surface area contributed by atoms with Crippen molar-refractivity contribution in [3.8, 4) is 5.88 Å². The Kier molecular flexibility index (Phi) is 4.70. The number of amides is 1. The maximum Gasteiger partial charge on any atom is 0.250 e. The highest BCUT2D eigenvalue weighted by molar-refractivity contribution is 5.93. The molecule has 0 spiro atoms. The van der Waals surface area contributed by atoms with Gasteiger partial charge in [0.25, 0.3) is 5.88 Å². The second-order valence-electron chi connectivity index (χ2n) is 6.90. The molecule has 1 saturated carbocycles. The van der Waals surface area contributed by atoms with Crippen LogP contribution in [0.4, 0.5) is 4.39 Å². The number of allylic oxidation sites excluding steroid dienone is 1. The summed E-state index contributed by atoms with van der Waals surface area (Å²) in [5.41, 5.74) is 0.902. The van der Waals surface area contributed by atoms with E-state index in [1.807, 2.05) is 4.90 Å². The molecule has 1 amide bonds. The molecule has 25 heavy (non-hydrogen) atoms. The molecule has 5 nitrogen and oxygen atoms in total. The van der Waals surface area contributed by atoms with Crippen LogP contribution in [0.15, 0.2) is 30.0 Å². The predicted octanol–water partition coefficient (Wildman–Crippen LogP) is 2.86. The first-order valence-electron chi connectivity index (χ1n) is 9.13. The van der Waals surface area contributed by atoms with Crippen LogP contribution in [0.1, 0.15) is 38.5 Å². The van der Waals surface area contributed by atoms with Crippen molar-refractivity contribution in [3.63, 3.8) is 0 Å². The van der Waals surface area contributed by atoms with Gasteiger partial charge < -0.3 is 14.4 Å². The lowest BCUT2D eigenvalue weighted by molar-refractivity contribution is -0.130. The zero-order chi connectivity index (χ0) is 17.2. The molecule has 0 N–H and O–H groups in total. The second-order valence-corrected chi connectivity index (χ2v) is 6.90. The molecule has 1 aromatic rings. The second kappa shape index (κ2) is 7.12. The Labute approximate surface area is 146 Å². The lowest BCUT2D eigenvalue weighted by atomic mass is 9.97. The highest BCUT2D eigenvalue weighted by atomic mass is 19.1. The largest absolute Gasteiger partial charge is 0.467 e. The van der Waals surface area contributed by atoms with Crippen molar-refractivity contribution < 1.29 is 18.7 Å². The molecule has 0 radical (unpaired) electrons. The average molecular weight is 346 g/mol. The molecule has 2 aliphatic carbocycles. The molecule has 0 unspecified atom stereocenters. The van der Waals surface area contributed by atoms with E-state index in [1.165, 1.54) is 18.3 Å². The van der Waals surface area contributed by atoms with Crippen molar-refractivity contribution in [2.45, 2.75) is 56.8 Å². The van der Waals surface area contributed by atoms with E-state index in [9.17, 15) is 9.18 Å². The molecule has 2 heterocycles. The Morgan fingerprint density at radius 3 is 3.08 bits per heavy atom. The lowest BCUT2D eigenvalue weighted by Gasteiger charge is -2.32. The molecule has 134 valence electrons. The molecule has 4 rings (SSSR count). The van der Waals surface area contributed by atoms with Gasteiger partial charge in [0.1, 0.15) is 6.10 Å². The fourth-order valence-electron chi connectivity index (χ4n) is 4.10. The van der Waals surface area contributed by atoms with Crippen LogP contribution in [0, 0.1) is 5.82 Å². The number of nitrogens with zero attached hydrogens (tertiary/aromatic N) is 2. The highest BCUT2D eigenvalue weighted by Gasteiger charge is 2.46. The van der Waals surface area contributed by atoms with Crippen molar-refractivity contribution in [1.82, 2.24) is 9.88 Å². The monoisotopic (exact) mass is 346 g/mol. The fraction of sp³-hybridized carbons (Fsp3) is 0.579. The maximum atomic E-state index is 13.9. The van der Waals surface area contributed by atoms with Gasteiger partial charge in [0.15, 0.2) is 5.82 Å². The molecule has 0 aromatic carbocycles. The zero-order valence-corrected chi connectivity index (χ0v) is 14.2. The zero-order valence-electron chi connectivity index (χ0n) is 14.2. The first-order valence-corrected chi connectivity index (χ1v) is 9.13. The SMILES string of the molecule is O=C(C1=CCCCC1)N1CCO[C@H]2CC[C@H]1[C@@H]2Oc1ncccc1F. The molecular weight excluding hydrogens is 323 g/mol. The number of rotatable bonds is 3. The topological polar surface area (TPSA) is 51.7 Å². The third kappa shape index (κ3) is 3.27. The highest BCUT2D eigenvalue weighted by Crippen LogP contribution is 2.34. The van der Waals surface area contributed by atoms with Crippen molar-refractivity contribution in [1.29, 1.82) is 0 Å². The van der Waals surface area contributed by atoms with E-state index < -0.39 is 5.82 Å². The summed E-state index contributed by atoms with van der Waals surface area (Å²) in [6.07, 6.45) is 8.72. The Morgan fingerprint density at radius 2 is 2.28 bits per heavy atom. The molecule has 3 aliphatic rings. The molecule has 1 aromatic heterocycles. The summed E-state index contributed by atoms with van der Waals surface area (Å²) < 4.78 is 25.7. The normalized spacial score (nSPS) is 29.1. The summed E-state index contributed by atoms with van der Waals surface area (Å²) in [6, 6.07) is 2.77. The van der Waals surface area contributed by atoms with Gasteiger partial charge in [-0.3, -0.25) is 4.79 Å². The first kappa shape index (κ1) is 16.5. The summed E-state index contributed by atoms with van der Waals surface area (Å²) in [5, 5.41) is 0. The third-order valence-electron chi connectivity index (χ3n) is 5.36. The van der Waals surface area contributed by atoms with Gasteiger partial charge in [-0.25, -0.2) is 9.37 Å². The Morgan fingerprint density at radius 1 is 1.36 bits per heavy atom. The number of fused-ring (bicyclic) bond motifs is 2. The summed E-state index contributed by atoms with van der Waals surface area (Å²) in [6.45, 7) is 1.05. The van der Waals surface area contributed by atoms with Gasteiger partial charge in [-0.1, -0.05) is 6.08 Å². The van der Waals surface area contributed by atoms with E-state index >= 15 is 0 Å². The molecule has 2 bridgehead atoms. The van der Waals surface area contributed by atoms with Crippen molar-refractivity contribution in [3.05, 3.63) is 35.8 Å². The number of hydrogen-bond acceptors (Lipinski definition) is 4. The van der Waals surface area contributed by atoms with Gasteiger partial charge >= 0.3 is 0 Å². The molecular formula is C19H23FN2O3. The molecule has 1 aliphatic heterocycles. The number of carbonyl (C=O) groups excluding carboxylic acids is 1. The Balaban J connectivity index is 1.57. The summed E-state index contributed by atoms with van der Waals surface area (Å²) in [5.74, 6) is -0.413. The van der Waals surface area contributed by atoms with Gasteiger partial charge in [-0.2, -0.15) is 0 Å². The molecule has 2 fully saturated rings. The first-order chi connectivity index (χ1) is 12.2. The van der Waals surface area contributed by atoms with E-state index in [2.05, 4.69) is 11.1 Å². The lowest BCUT2D eigenvalue weighted by Crippen LogP contribution is -2.48. The Hall–Kier alpha value is -1.95. The smallest absolute Gasteiger partial charge is 0.250 e. The van der Waals surface area contributed by atoms with Crippen LogP contribution in [-0.2, 0) is 9.53 Å². The summed E-state index contributed by atoms with van der Waals surface area (Å²) in [7, 11) is 0. The fourth-order valence-corrected chi connectivity index (χ4v) is 4.10. The minimum Gasteiger partial charge on any atom is -0.467 e. The van der Waals surface area contributed by atoms with Crippen molar-refractivity contribution in [2.75, 3.05) is 13.2 Å². The number of ether oxygens (including phenoxy) is 2. The van der Waals surface area contributed by atoms with Gasteiger partial charge in [0, 0.05) is 18.3 Å². The standard InChI is InChI=1S/C19H23FN2O3/c20-14-7-4-10-21-18(14)25-17-15-8-9-16(17)24-12-11-22(15)19(23)13-5-2-1-3-6-13/h4-5,7,10,15-17H,1-3,6,8-9,11-12H2/t15-,16-,17-/m0/s1. The number of hydrogen-bond donors (Lipinski definition) is 0. The van der Waals surface area contributed by atoms with Crippen LogP contribution < -0.4 is 4.74 Å². The van der Waals surface area contributed by atoms with Crippen LogP contribution in [0.2, 0.25) is 0 Å². The quantitative estimate of drug-likeness (QED) is 0.844. The summed E-state index contributed by atoms with van der Waals surface area (Å²) in [4.78, 5) is 18.9. The number of pyridine rings is 1. The minimum atomic E-state index is -0.487. The van der Waals surface area contributed by atoms with Crippen molar-refractivity contribution in [2.24, 2.45) is 0 Å². The van der Waals surface area contributed by atoms with E-state index in [1.54, 1.807) is 0 Å². The number of carbonyl (C=O) groups is 1. The maximum absolute atomic E-state index is 13.9. The van der Waals surface area contributed by atoms with E-state index in [4.69, 9.17) is 9.47 Å². The molecule has 6 heteroatoms. The van der Waals surface area contributed by atoms with E-state index in [0.29, 0.717) is 13.2 Å². The molecule has 1 saturated heterocycles. The van der Waals surface area contributed by atoms with Gasteiger partial charge in [-0.05, 0) is 50.7 Å². The van der Waals surface area contributed by atoms with Crippen LogP contribution in [-0.4, -0.2) is 47.2 Å². The van der Waals surface area contributed by atoms with Crippen LogP contribution in [0.25, 0.3) is 0 Å². The average Bonchev–Trinajstić information content (AvgIpc) is 2.92. The van der Waals surface area contributed by atoms with Crippen LogP contribution >= 0.6 is 0 Å². The molecule has 3 atom stereocenters. The third-order valence-corrected chi connectivity index (χ3v) is 5.36. The van der Waals surface area contributed by atoms with Gasteiger partial charge in [-0.15, -0.1) is 0 Å². The van der Waals surface area contributed by atoms with Gasteiger partial charge in [0.05, 0.1) is 18.8 Å². The minimum absolute atomic E-state index is 0.0146. The number of aromatic nitrogens is 1. The van der Waals surface area contributed by atoms with Crippen LogP contribution in [0.5, 0.6) is 5.88 Å². The van der Waals surface area contributed by atoms with E-state index in [0.717, 1.165) is 44.1 Å². The van der Waals surface area contributed by atoms with E-state index in [-0.39, 0.29) is 30.0 Å². The van der Waals surface area contributed by atoms with Gasteiger partial charge in [0.2, 0.25) is 5.91 Å². The number of halogens is 1. The van der Waals surface area contributed by atoms with Crippen molar-refractivity contribution >= 4 is 5.91 Å². The Bertz CT molecular complexity index is 678. The summed E-state index contributed by atoms with van der Waals surface area (Å²) >= 11 is 0.